The lowest BCUT2D eigenvalue weighted by atomic mass is 9.78. The maximum absolute atomic E-state index is 13.8. The van der Waals surface area contributed by atoms with Crippen molar-refractivity contribution in [3.05, 3.63) is 29.3 Å². The molecule has 0 aliphatic heterocycles. The second-order valence-corrected chi connectivity index (χ2v) is 5.70. The Morgan fingerprint density at radius 2 is 2.00 bits per heavy atom. The van der Waals surface area contributed by atoms with E-state index in [1.807, 2.05) is 0 Å². The minimum atomic E-state index is -0.861. The van der Waals surface area contributed by atoms with E-state index in [-0.39, 0.29) is 17.3 Å². The van der Waals surface area contributed by atoms with Gasteiger partial charge in [0.1, 0.15) is 5.82 Å². The number of nitrogens with one attached hydrogen (secondary N) is 1. The molecule has 0 aromatic heterocycles. The van der Waals surface area contributed by atoms with Crippen molar-refractivity contribution >= 4 is 11.6 Å². The van der Waals surface area contributed by atoms with Crippen LogP contribution in [0, 0.1) is 23.5 Å². The van der Waals surface area contributed by atoms with E-state index in [4.69, 9.17) is 5.73 Å². The Hall–Kier alpha value is -1.65. The molecule has 3 nitrogen and oxygen atoms in total. The minimum Gasteiger partial charge on any atom is -0.396 e. The highest BCUT2D eigenvalue weighted by molar-refractivity contribution is 5.95. The zero-order valence-electron chi connectivity index (χ0n) is 11.7. The summed E-state index contributed by atoms with van der Waals surface area (Å²) in [6.07, 6.45) is 3.03. The average Bonchev–Trinajstić information content (AvgIpc) is 2.39. The lowest BCUT2D eigenvalue weighted by Crippen LogP contribution is -2.44. The molecule has 1 aromatic carbocycles. The second-order valence-electron chi connectivity index (χ2n) is 5.70. The van der Waals surface area contributed by atoms with Crippen LogP contribution in [-0.2, 0) is 0 Å². The molecule has 1 aromatic rings. The number of hydrogen-bond acceptors (Lipinski definition) is 2. The number of nitrogens with two attached hydrogens (primary N) is 1. The zero-order valence-corrected chi connectivity index (χ0v) is 11.7. The predicted octanol–water partition coefficient (Wildman–Crippen LogP) is 3.10. The van der Waals surface area contributed by atoms with Crippen LogP contribution >= 0.6 is 0 Å². The van der Waals surface area contributed by atoms with E-state index in [9.17, 15) is 13.6 Å². The van der Waals surface area contributed by atoms with Crippen LogP contribution in [0.25, 0.3) is 0 Å². The van der Waals surface area contributed by atoms with Crippen molar-refractivity contribution in [2.75, 3.05) is 5.73 Å². The van der Waals surface area contributed by atoms with Gasteiger partial charge in [-0.25, -0.2) is 8.78 Å². The van der Waals surface area contributed by atoms with Gasteiger partial charge < -0.3 is 11.1 Å². The number of carbonyl (C=O) groups excluding carboxylic acids is 1. The summed E-state index contributed by atoms with van der Waals surface area (Å²) in [7, 11) is 0. The summed E-state index contributed by atoms with van der Waals surface area (Å²) >= 11 is 0. The van der Waals surface area contributed by atoms with Gasteiger partial charge in [-0.3, -0.25) is 4.79 Å². The maximum Gasteiger partial charge on any atom is 0.254 e. The van der Waals surface area contributed by atoms with Gasteiger partial charge >= 0.3 is 0 Å². The number of hydrogen-bond donors (Lipinski definition) is 2. The Morgan fingerprint density at radius 1 is 1.30 bits per heavy atom. The van der Waals surface area contributed by atoms with Crippen LogP contribution in [-0.4, -0.2) is 11.9 Å². The molecule has 20 heavy (non-hydrogen) atoms. The fourth-order valence-corrected chi connectivity index (χ4v) is 2.81. The van der Waals surface area contributed by atoms with E-state index in [2.05, 4.69) is 19.2 Å². The summed E-state index contributed by atoms with van der Waals surface area (Å²) in [5.41, 5.74) is 4.67. The molecule has 0 saturated heterocycles. The van der Waals surface area contributed by atoms with Crippen LogP contribution in [0.3, 0.4) is 0 Å². The molecule has 1 amide bonds. The smallest absolute Gasteiger partial charge is 0.254 e. The molecule has 1 aliphatic carbocycles. The normalized spacial score (nSPS) is 26.3. The topological polar surface area (TPSA) is 55.1 Å². The van der Waals surface area contributed by atoms with Crippen molar-refractivity contribution in [2.24, 2.45) is 11.8 Å². The molecule has 1 fully saturated rings. The van der Waals surface area contributed by atoms with E-state index < -0.39 is 17.5 Å². The van der Waals surface area contributed by atoms with Gasteiger partial charge in [0.25, 0.3) is 5.91 Å². The Morgan fingerprint density at radius 3 is 2.70 bits per heavy atom. The number of anilines is 1. The summed E-state index contributed by atoms with van der Waals surface area (Å²) in [6, 6.07) is 1.75. The van der Waals surface area contributed by atoms with E-state index in [1.165, 1.54) is 0 Å². The fourth-order valence-electron chi connectivity index (χ4n) is 2.81. The molecule has 3 N–H and O–H groups in total. The first-order valence-corrected chi connectivity index (χ1v) is 6.95. The van der Waals surface area contributed by atoms with Gasteiger partial charge in [-0.05, 0) is 30.4 Å². The highest BCUT2D eigenvalue weighted by atomic mass is 19.1. The lowest BCUT2D eigenvalue weighted by Gasteiger charge is -2.34. The molecule has 0 heterocycles. The molecule has 1 aliphatic rings. The van der Waals surface area contributed by atoms with Crippen LogP contribution in [0.4, 0.5) is 14.5 Å². The first-order valence-electron chi connectivity index (χ1n) is 6.95. The summed E-state index contributed by atoms with van der Waals surface area (Å²) in [4.78, 5) is 12.1. The maximum atomic E-state index is 13.8. The third kappa shape index (κ3) is 2.92. The molecule has 2 rings (SSSR count). The molecule has 5 heteroatoms. The lowest BCUT2D eigenvalue weighted by molar-refractivity contribution is 0.0886. The van der Waals surface area contributed by atoms with Crippen molar-refractivity contribution < 1.29 is 13.6 Å². The van der Waals surface area contributed by atoms with Gasteiger partial charge in [-0.15, -0.1) is 0 Å². The van der Waals surface area contributed by atoms with E-state index >= 15 is 0 Å². The molecule has 0 radical (unpaired) electrons. The molecular weight excluding hydrogens is 262 g/mol. The Labute approximate surface area is 117 Å². The number of amides is 1. The highest BCUT2D eigenvalue weighted by Crippen LogP contribution is 2.30. The van der Waals surface area contributed by atoms with E-state index in [1.54, 1.807) is 0 Å². The van der Waals surface area contributed by atoms with Crippen LogP contribution in [0.15, 0.2) is 12.1 Å². The standard InChI is InChI=1S/C15H20F2N2O/c1-8-4-3-5-13(9(8)2)19-15(20)11-6-10(16)7-12(18)14(11)17/h6-9,13H,3-5,18H2,1-2H3,(H,19,20). The third-order valence-corrected chi connectivity index (χ3v) is 4.33. The summed E-state index contributed by atoms with van der Waals surface area (Å²) in [6.45, 7) is 4.22. The van der Waals surface area contributed by atoms with Crippen molar-refractivity contribution in [2.45, 2.75) is 39.2 Å². The van der Waals surface area contributed by atoms with Crippen molar-refractivity contribution in [3.8, 4) is 0 Å². The number of carbonyl (C=O) groups is 1. The van der Waals surface area contributed by atoms with E-state index in [0.717, 1.165) is 31.4 Å². The van der Waals surface area contributed by atoms with Crippen molar-refractivity contribution in [1.82, 2.24) is 5.32 Å². The SMILES string of the molecule is CC1CCCC(NC(=O)c2cc(F)cc(N)c2F)C1C. The van der Waals surface area contributed by atoms with E-state index in [0.29, 0.717) is 11.8 Å². The largest absolute Gasteiger partial charge is 0.396 e. The Kier molecular flexibility index (Phi) is 4.26. The van der Waals surface area contributed by atoms with Crippen molar-refractivity contribution in [1.29, 1.82) is 0 Å². The summed E-state index contributed by atoms with van der Waals surface area (Å²) < 4.78 is 27.1. The first-order chi connectivity index (χ1) is 9.40. The Bertz CT molecular complexity index is 519. The van der Waals surface area contributed by atoms with Gasteiger partial charge in [0.2, 0.25) is 0 Å². The number of halogens is 2. The molecule has 3 atom stereocenters. The molecule has 3 unspecified atom stereocenters. The third-order valence-electron chi connectivity index (χ3n) is 4.33. The molecule has 0 bridgehead atoms. The van der Waals surface area contributed by atoms with Gasteiger partial charge in [0.15, 0.2) is 5.82 Å². The highest BCUT2D eigenvalue weighted by Gasteiger charge is 2.29. The molecular formula is C15H20F2N2O. The van der Waals surface area contributed by atoms with Gasteiger partial charge in [0, 0.05) is 6.04 Å². The van der Waals surface area contributed by atoms with Crippen LogP contribution < -0.4 is 11.1 Å². The zero-order chi connectivity index (χ0) is 14.9. The fraction of sp³-hybridized carbons (Fsp3) is 0.533. The second kappa shape index (κ2) is 5.77. The first kappa shape index (κ1) is 14.8. The number of rotatable bonds is 2. The van der Waals surface area contributed by atoms with Gasteiger partial charge in [-0.1, -0.05) is 26.7 Å². The number of nitrogen functional groups attached to an aromatic ring is 1. The predicted molar refractivity (Wildman–Crippen MR) is 74.2 cm³/mol. The van der Waals surface area contributed by atoms with Crippen LogP contribution in [0.1, 0.15) is 43.5 Å². The average molecular weight is 282 g/mol. The number of benzene rings is 1. The quantitative estimate of drug-likeness (QED) is 0.819. The molecule has 110 valence electrons. The van der Waals surface area contributed by atoms with Crippen LogP contribution in [0.5, 0.6) is 0 Å². The Balaban J connectivity index is 2.16. The summed E-state index contributed by atoms with van der Waals surface area (Å²) in [5, 5.41) is 2.81. The van der Waals surface area contributed by atoms with Gasteiger partial charge in [0.05, 0.1) is 11.3 Å². The van der Waals surface area contributed by atoms with Crippen LogP contribution in [0.2, 0.25) is 0 Å². The molecule has 0 spiro atoms. The minimum absolute atomic E-state index is 0.00450. The van der Waals surface area contributed by atoms with Crippen molar-refractivity contribution in [3.63, 3.8) is 0 Å². The van der Waals surface area contributed by atoms with Gasteiger partial charge in [-0.2, -0.15) is 0 Å². The summed E-state index contributed by atoms with van der Waals surface area (Å²) in [5.74, 6) is -1.34. The molecule has 1 saturated carbocycles. The monoisotopic (exact) mass is 282 g/mol.